The van der Waals surface area contributed by atoms with Gasteiger partial charge in [-0.25, -0.2) is 0 Å². The Bertz CT molecular complexity index is 174. The smallest absolute Gasteiger partial charge is 0.0509 e. The van der Waals surface area contributed by atoms with E-state index in [4.69, 9.17) is 9.47 Å². The molecule has 0 saturated carbocycles. The number of nitrogens with one attached hydrogen (secondary N) is 1. The van der Waals surface area contributed by atoms with Crippen LogP contribution in [0.3, 0.4) is 0 Å². The second kappa shape index (κ2) is 5.83. The zero-order valence-corrected chi connectivity index (χ0v) is 9.71. The van der Waals surface area contributed by atoms with Gasteiger partial charge in [-0.05, 0) is 44.6 Å². The first-order valence-electron chi connectivity index (χ1n) is 6.25. The normalized spacial score (nSPS) is 30.6. The molecule has 2 aliphatic rings. The molecule has 2 heterocycles. The van der Waals surface area contributed by atoms with Gasteiger partial charge in [0.1, 0.15) is 0 Å². The summed E-state index contributed by atoms with van der Waals surface area (Å²) in [6.07, 6.45) is 3.67. The quantitative estimate of drug-likeness (QED) is 0.766. The zero-order valence-electron chi connectivity index (χ0n) is 9.71. The Morgan fingerprint density at radius 3 is 2.53 bits per heavy atom. The summed E-state index contributed by atoms with van der Waals surface area (Å²) in [5, 5.41) is 3.66. The van der Waals surface area contributed by atoms with Crippen LogP contribution in [0, 0.1) is 11.8 Å². The summed E-state index contributed by atoms with van der Waals surface area (Å²) < 4.78 is 10.8. The van der Waals surface area contributed by atoms with Crippen LogP contribution in [0.4, 0.5) is 0 Å². The molecule has 0 aromatic carbocycles. The van der Waals surface area contributed by atoms with Crippen LogP contribution in [0.2, 0.25) is 0 Å². The molecule has 0 spiro atoms. The Hall–Kier alpha value is -0.120. The monoisotopic (exact) mass is 213 g/mol. The number of ether oxygens (including phenoxy) is 2. The average Bonchev–Trinajstić information content (AvgIpc) is 2.81. The molecule has 0 amide bonds. The summed E-state index contributed by atoms with van der Waals surface area (Å²) in [6, 6.07) is 0.607. The molecule has 2 fully saturated rings. The van der Waals surface area contributed by atoms with Gasteiger partial charge < -0.3 is 14.8 Å². The van der Waals surface area contributed by atoms with E-state index in [-0.39, 0.29) is 0 Å². The van der Waals surface area contributed by atoms with Crippen molar-refractivity contribution in [3.8, 4) is 0 Å². The molecule has 1 N–H and O–H groups in total. The zero-order chi connectivity index (χ0) is 10.5. The Kier molecular flexibility index (Phi) is 4.42. The third-order valence-electron chi connectivity index (χ3n) is 3.74. The minimum absolute atomic E-state index is 0.607. The van der Waals surface area contributed by atoms with E-state index in [0.29, 0.717) is 6.04 Å². The molecule has 2 rings (SSSR count). The SMILES string of the molecule is CC(NCC1CCOCC1)C1CCOC1. The van der Waals surface area contributed by atoms with E-state index >= 15 is 0 Å². The number of hydrogen-bond acceptors (Lipinski definition) is 3. The van der Waals surface area contributed by atoms with E-state index in [2.05, 4.69) is 12.2 Å². The summed E-state index contributed by atoms with van der Waals surface area (Å²) in [7, 11) is 0. The summed E-state index contributed by atoms with van der Waals surface area (Å²) in [4.78, 5) is 0. The second-order valence-electron chi connectivity index (χ2n) is 4.88. The molecule has 3 nitrogen and oxygen atoms in total. The first kappa shape index (κ1) is 11.4. The third-order valence-corrected chi connectivity index (χ3v) is 3.74. The highest BCUT2D eigenvalue weighted by molar-refractivity contribution is 4.77. The van der Waals surface area contributed by atoms with Crippen molar-refractivity contribution >= 4 is 0 Å². The van der Waals surface area contributed by atoms with Crippen LogP contribution in [-0.2, 0) is 9.47 Å². The molecule has 2 unspecified atom stereocenters. The number of rotatable bonds is 4. The number of hydrogen-bond donors (Lipinski definition) is 1. The summed E-state index contributed by atoms with van der Waals surface area (Å²) in [5.74, 6) is 1.55. The van der Waals surface area contributed by atoms with Crippen molar-refractivity contribution in [3.05, 3.63) is 0 Å². The van der Waals surface area contributed by atoms with Crippen molar-refractivity contribution in [3.63, 3.8) is 0 Å². The largest absolute Gasteiger partial charge is 0.381 e. The Labute approximate surface area is 92.5 Å². The highest BCUT2D eigenvalue weighted by atomic mass is 16.5. The summed E-state index contributed by atoms with van der Waals surface area (Å²) in [5.41, 5.74) is 0. The van der Waals surface area contributed by atoms with Crippen molar-refractivity contribution < 1.29 is 9.47 Å². The molecule has 2 aliphatic heterocycles. The highest BCUT2D eigenvalue weighted by Crippen LogP contribution is 2.18. The van der Waals surface area contributed by atoms with Crippen LogP contribution in [-0.4, -0.2) is 39.0 Å². The van der Waals surface area contributed by atoms with E-state index in [1.165, 1.54) is 19.3 Å². The maximum atomic E-state index is 5.41. The Morgan fingerprint density at radius 1 is 1.13 bits per heavy atom. The molecule has 2 atom stereocenters. The lowest BCUT2D eigenvalue weighted by atomic mass is 9.97. The molecule has 0 bridgehead atoms. The van der Waals surface area contributed by atoms with E-state index in [0.717, 1.165) is 44.8 Å². The van der Waals surface area contributed by atoms with E-state index in [9.17, 15) is 0 Å². The van der Waals surface area contributed by atoms with Crippen molar-refractivity contribution in [2.24, 2.45) is 11.8 Å². The average molecular weight is 213 g/mol. The standard InChI is InChI=1S/C12H23NO2/c1-10(12-4-7-15-9-12)13-8-11-2-5-14-6-3-11/h10-13H,2-9H2,1H3. The van der Waals surface area contributed by atoms with Crippen molar-refractivity contribution in [2.75, 3.05) is 33.0 Å². The van der Waals surface area contributed by atoms with Gasteiger partial charge in [-0.2, -0.15) is 0 Å². The molecular weight excluding hydrogens is 190 g/mol. The lowest BCUT2D eigenvalue weighted by molar-refractivity contribution is 0.0647. The fraction of sp³-hybridized carbons (Fsp3) is 1.00. The first-order chi connectivity index (χ1) is 7.36. The van der Waals surface area contributed by atoms with Crippen LogP contribution < -0.4 is 5.32 Å². The van der Waals surface area contributed by atoms with Crippen LogP contribution in [0.25, 0.3) is 0 Å². The lowest BCUT2D eigenvalue weighted by Gasteiger charge is -2.26. The molecule has 15 heavy (non-hydrogen) atoms. The predicted molar refractivity (Wildman–Crippen MR) is 59.9 cm³/mol. The molecule has 0 aromatic heterocycles. The molecule has 0 aliphatic carbocycles. The van der Waals surface area contributed by atoms with Gasteiger partial charge in [0.2, 0.25) is 0 Å². The van der Waals surface area contributed by atoms with Gasteiger partial charge in [0, 0.05) is 25.9 Å². The summed E-state index contributed by atoms with van der Waals surface area (Å²) >= 11 is 0. The molecule has 88 valence electrons. The van der Waals surface area contributed by atoms with Gasteiger partial charge >= 0.3 is 0 Å². The molecular formula is C12H23NO2. The van der Waals surface area contributed by atoms with Gasteiger partial charge in [-0.15, -0.1) is 0 Å². The maximum Gasteiger partial charge on any atom is 0.0509 e. The highest BCUT2D eigenvalue weighted by Gasteiger charge is 2.23. The van der Waals surface area contributed by atoms with Gasteiger partial charge in [0.05, 0.1) is 6.61 Å². The summed E-state index contributed by atoms with van der Waals surface area (Å²) in [6.45, 7) is 7.25. The molecule has 2 saturated heterocycles. The second-order valence-corrected chi connectivity index (χ2v) is 4.88. The van der Waals surface area contributed by atoms with Crippen LogP contribution >= 0.6 is 0 Å². The predicted octanol–water partition coefficient (Wildman–Crippen LogP) is 1.43. The van der Waals surface area contributed by atoms with Gasteiger partial charge in [0.25, 0.3) is 0 Å². The molecule has 3 heteroatoms. The van der Waals surface area contributed by atoms with Gasteiger partial charge in [-0.3, -0.25) is 0 Å². The van der Waals surface area contributed by atoms with Crippen LogP contribution in [0.15, 0.2) is 0 Å². The topological polar surface area (TPSA) is 30.5 Å². The minimum Gasteiger partial charge on any atom is -0.381 e. The fourth-order valence-electron chi connectivity index (χ4n) is 2.42. The maximum absolute atomic E-state index is 5.41. The lowest BCUT2D eigenvalue weighted by Crippen LogP contribution is -2.38. The van der Waals surface area contributed by atoms with E-state index in [1.54, 1.807) is 0 Å². The Balaban J connectivity index is 1.63. The van der Waals surface area contributed by atoms with E-state index in [1.807, 2.05) is 0 Å². The third kappa shape index (κ3) is 3.44. The first-order valence-corrected chi connectivity index (χ1v) is 6.25. The van der Waals surface area contributed by atoms with Crippen molar-refractivity contribution in [2.45, 2.75) is 32.2 Å². The Morgan fingerprint density at radius 2 is 1.87 bits per heavy atom. The fourth-order valence-corrected chi connectivity index (χ4v) is 2.42. The van der Waals surface area contributed by atoms with Crippen molar-refractivity contribution in [1.29, 1.82) is 0 Å². The van der Waals surface area contributed by atoms with Crippen molar-refractivity contribution in [1.82, 2.24) is 5.32 Å². The van der Waals surface area contributed by atoms with Gasteiger partial charge in [0.15, 0.2) is 0 Å². The van der Waals surface area contributed by atoms with Crippen LogP contribution in [0.1, 0.15) is 26.2 Å². The van der Waals surface area contributed by atoms with Gasteiger partial charge in [-0.1, -0.05) is 0 Å². The minimum atomic E-state index is 0.607. The molecule has 0 aromatic rings. The van der Waals surface area contributed by atoms with Crippen LogP contribution in [0.5, 0.6) is 0 Å². The van der Waals surface area contributed by atoms with E-state index < -0.39 is 0 Å². The molecule has 0 radical (unpaired) electrons.